The monoisotopic (exact) mass is 183 g/mol. The van der Waals surface area contributed by atoms with Crippen molar-refractivity contribution >= 4 is 0 Å². The van der Waals surface area contributed by atoms with Crippen molar-refractivity contribution in [1.82, 2.24) is 4.98 Å². The van der Waals surface area contributed by atoms with E-state index >= 15 is 0 Å². The molecule has 0 radical (unpaired) electrons. The number of halogens is 1. The molecule has 0 spiro atoms. The van der Waals surface area contributed by atoms with E-state index in [0.717, 1.165) is 17.5 Å². The summed E-state index contributed by atoms with van der Waals surface area (Å²) in [6.45, 7) is 3.42. The Morgan fingerprint density at radius 2 is 2.23 bits per heavy atom. The molecule has 0 aliphatic carbocycles. The van der Waals surface area contributed by atoms with Crippen LogP contribution in [0.25, 0.3) is 0 Å². The van der Waals surface area contributed by atoms with Crippen LogP contribution >= 0.6 is 0 Å². The summed E-state index contributed by atoms with van der Waals surface area (Å²) in [4.78, 5) is 4.04. The van der Waals surface area contributed by atoms with Crippen molar-refractivity contribution in [1.29, 1.82) is 0 Å². The van der Waals surface area contributed by atoms with Gasteiger partial charge >= 0.3 is 0 Å². The van der Waals surface area contributed by atoms with Crippen molar-refractivity contribution in [3.05, 3.63) is 22.9 Å². The minimum Gasteiger partial charge on any atom is -0.481 e. The number of nitrogens with zero attached hydrogens (tertiary/aromatic N) is 1. The van der Waals surface area contributed by atoms with E-state index in [9.17, 15) is 4.39 Å². The van der Waals surface area contributed by atoms with Gasteiger partial charge in [-0.15, -0.1) is 0 Å². The first kappa shape index (κ1) is 9.96. The normalized spacial score (nSPS) is 10.2. The molecule has 0 aliphatic heterocycles. The predicted octanol–water partition coefficient (Wildman–Crippen LogP) is 2.43. The predicted molar refractivity (Wildman–Crippen MR) is 49.7 cm³/mol. The summed E-state index contributed by atoms with van der Waals surface area (Å²) in [6.07, 6.45) is 0.808. The Kier molecular flexibility index (Phi) is 3.23. The first-order valence-corrected chi connectivity index (χ1v) is 4.32. The molecule has 0 atom stereocenters. The summed E-state index contributed by atoms with van der Waals surface area (Å²) in [6, 6.07) is 1.83. The average Bonchev–Trinajstić information content (AvgIpc) is 2.16. The molecule has 0 unspecified atom stereocenters. The van der Waals surface area contributed by atoms with Crippen LogP contribution in [0.5, 0.6) is 5.88 Å². The number of pyridine rings is 1. The third kappa shape index (κ3) is 1.97. The highest BCUT2D eigenvalue weighted by Crippen LogP contribution is 2.19. The topological polar surface area (TPSA) is 22.1 Å². The zero-order valence-electron chi connectivity index (χ0n) is 8.22. The Morgan fingerprint density at radius 1 is 1.54 bits per heavy atom. The van der Waals surface area contributed by atoms with E-state index in [4.69, 9.17) is 4.74 Å². The molecule has 3 heteroatoms. The fraction of sp³-hybridized carbons (Fsp3) is 0.500. The smallest absolute Gasteiger partial charge is 0.213 e. The van der Waals surface area contributed by atoms with Crippen LogP contribution in [0, 0.1) is 6.92 Å². The van der Waals surface area contributed by atoms with Crippen molar-refractivity contribution in [2.24, 2.45) is 0 Å². The van der Waals surface area contributed by atoms with Crippen LogP contribution in [-0.2, 0) is 13.1 Å². The van der Waals surface area contributed by atoms with E-state index in [-0.39, 0.29) is 0 Å². The summed E-state index contributed by atoms with van der Waals surface area (Å²) >= 11 is 0. The van der Waals surface area contributed by atoms with E-state index in [1.165, 1.54) is 7.11 Å². The standard InChI is InChI=1S/C10H14FNO/c1-4-8-7(2)5-10(13-3)12-9(8)6-11/h5H,4,6H2,1-3H3. The first-order chi connectivity index (χ1) is 6.22. The summed E-state index contributed by atoms with van der Waals surface area (Å²) in [7, 11) is 1.54. The molecule has 1 rings (SSSR count). The molecule has 0 saturated carbocycles. The third-order valence-corrected chi connectivity index (χ3v) is 2.10. The highest BCUT2D eigenvalue weighted by Gasteiger charge is 2.08. The third-order valence-electron chi connectivity index (χ3n) is 2.10. The van der Waals surface area contributed by atoms with Crippen molar-refractivity contribution in [3.8, 4) is 5.88 Å². The van der Waals surface area contributed by atoms with Gasteiger partial charge in [-0.05, 0) is 24.5 Å². The zero-order chi connectivity index (χ0) is 9.84. The lowest BCUT2D eigenvalue weighted by Crippen LogP contribution is -2.00. The van der Waals surface area contributed by atoms with Gasteiger partial charge in [0, 0.05) is 6.07 Å². The van der Waals surface area contributed by atoms with Gasteiger partial charge in [-0.1, -0.05) is 6.92 Å². The van der Waals surface area contributed by atoms with Crippen molar-refractivity contribution in [3.63, 3.8) is 0 Å². The Morgan fingerprint density at radius 3 is 2.69 bits per heavy atom. The number of aromatic nitrogens is 1. The molecule has 0 saturated heterocycles. The van der Waals surface area contributed by atoms with Crippen molar-refractivity contribution < 1.29 is 9.13 Å². The molecule has 0 aromatic carbocycles. The van der Waals surface area contributed by atoms with Gasteiger partial charge in [0.05, 0.1) is 12.8 Å². The molecule has 13 heavy (non-hydrogen) atoms. The molecule has 0 N–H and O–H groups in total. The summed E-state index contributed by atoms with van der Waals surface area (Å²) < 4.78 is 17.5. The molecule has 0 fully saturated rings. The SMILES string of the molecule is CCc1c(C)cc(OC)nc1CF. The van der Waals surface area contributed by atoms with Crippen LogP contribution in [0.3, 0.4) is 0 Å². The second-order valence-corrected chi connectivity index (χ2v) is 2.89. The van der Waals surface area contributed by atoms with Gasteiger partial charge in [-0.25, -0.2) is 9.37 Å². The maximum absolute atomic E-state index is 12.6. The first-order valence-electron chi connectivity index (χ1n) is 4.32. The van der Waals surface area contributed by atoms with E-state index < -0.39 is 6.67 Å². The number of aryl methyl sites for hydroxylation is 1. The van der Waals surface area contributed by atoms with Gasteiger partial charge in [0.2, 0.25) is 5.88 Å². The van der Waals surface area contributed by atoms with Crippen LogP contribution in [0.4, 0.5) is 4.39 Å². The van der Waals surface area contributed by atoms with Gasteiger partial charge < -0.3 is 4.74 Å². The van der Waals surface area contributed by atoms with Crippen LogP contribution < -0.4 is 4.74 Å². The minimum absolute atomic E-state index is 0.488. The van der Waals surface area contributed by atoms with Crippen LogP contribution in [0.2, 0.25) is 0 Å². The number of alkyl halides is 1. The number of methoxy groups -OCH3 is 1. The number of rotatable bonds is 3. The summed E-state index contributed by atoms with van der Waals surface area (Å²) in [5, 5.41) is 0. The lowest BCUT2D eigenvalue weighted by molar-refractivity contribution is 0.389. The van der Waals surface area contributed by atoms with E-state index in [1.807, 2.05) is 19.9 Å². The molecule has 2 nitrogen and oxygen atoms in total. The number of hydrogen-bond acceptors (Lipinski definition) is 2. The largest absolute Gasteiger partial charge is 0.481 e. The molecular weight excluding hydrogens is 169 g/mol. The molecular formula is C10H14FNO. The molecule has 1 aromatic heterocycles. The second-order valence-electron chi connectivity index (χ2n) is 2.89. The van der Waals surface area contributed by atoms with E-state index in [2.05, 4.69) is 4.98 Å². The molecule has 0 aliphatic rings. The maximum atomic E-state index is 12.6. The fourth-order valence-electron chi connectivity index (χ4n) is 1.43. The number of ether oxygens (including phenoxy) is 1. The van der Waals surface area contributed by atoms with Crippen LogP contribution in [0.15, 0.2) is 6.07 Å². The minimum atomic E-state index is -0.527. The quantitative estimate of drug-likeness (QED) is 0.718. The Balaban J connectivity index is 3.20. The van der Waals surface area contributed by atoms with Crippen LogP contribution in [0.1, 0.15) is 23.7 Å². The van der Waals surface area contributed by atoms with Crippen molar-refractivity contribution in [2.45, 2.75) is 26.9 Å². The van der Waals surface area contributed by atoms with Gasteiger partial charge in [0.1, 0.15) is 6.67 Å². The highest BCUT2D eigenvalue weighted by molar-refractivity contribution is 5.33. The molecule has 1 heterocycles. The highest BCUT2D eigenvalue weighted by atomic mass is 19.1. The Hall–Kier alpha value is -1.12. The van der Waals surface area contributed by atoms with Crippen LogP contribution in [-0.4, -0.2) is 12.1 Å². The average molecular weight is 183 g/mol. The summed E-state index contributed by atoms with van der Waals surface area (Å²) in [5.41, 5.74) is 2.53. The molecule has 0 bridgehead atoms. The van der Waals surface area contributed by atoms with Gasteiger partial charge in [0.25, 0.3) is 0 Å². The fourth-order valence-corrected chi connectivity index (χ4v) is 1.43. The summed E-state index contributed by atoms with van der Waals surface area (Å²) in [5.74, 6) is 0.488. The van der Waals surface area contributed by atoms with Crippen molar-refractivity contribution in [2.75, 3.05) is 7.11 Å². The van der Waals surface area contributed by atoms with Gasteiger partial charge in [0.15, 0.2) is 0 Å². The van der Waals surface area contributed by atoms with E-state index in [1.54, 1.807) is 0 Å². The lowest BCUT2D eigenvalue weighted by Gasteiger charge is -2.09. The maximum Gasteiger partial charge on any atom is 0.213 e. The molecule has 0 amide bonds. The lowest BCUT2D eigenvalue weighted by atomic mass is 10.1. The van der Waals surface area contributed by atoms with E-state index in [0.29, 0.717) is 11.6 Å². The molecule has 72 valence electrons. The Bertz CT molecular complexity index is 299. The van der Waals surface area contributed by atoms with Gasteiger partial charge in [-0.2, -0.15) is 0 Å². The van der Waals surface area contributed by atoms with Gasteiger partial charge in [-0.3, -0.25) is 0 Å². The second kappa shape index (κ2) is 4.21. The zero-order valence-corrected chi connectivity index (χ0v) is 8.22. The molecule has 1 aromatic rings. The number of hydrogen-bond donors (Lipinski definition) is 0. The Labute approximate surface area is 77.8 Å².